The number of carbonyl (C=O) groups excluding carboxylic acids is 1. The summed E-state index contributed by atoms with van der Waals surface area (Å²) >= 11 is 0. The lowest BCUT2D eigenvalue weighted by Gasteiger charge is -2.24. The first kappa shape index (κ1) is 25.6. The molecule has 0 saturated carbocycles. The van der Waals surface area contributed by atoms with Crippen LogP contribution in [0.3, 0.4) is 0 Å². The van der Waals surface area contributed by atoms with E-state index in [2.05, 4.69) is 29.3 Å². The summed E-state index contributed by atoms with van der Waals surface area (Å²) in [5.41, 5.74) is 4.31. The van der Waals surface area contributed by atoms with E-state index in [0.717, 1.165) is 29.3 Å². The van der Waals surface area contributed by atoms with Gasteiger partial charge >= 0.3 is 0 Å². The molecule has 0 spiro atoms. The molecule has 34 heavy (non-hydrogen) atoms. The minimum absolute atomic E-state index is 0.0184. The van der Waals surface area contributed by atoms with Gasteiger partial charge in [0, 0.05) is 52.1 Å². The first-order valence-electron chi connectivity index (χ1n) is 10.7. The Morgan fingerprint density at radius 3 is 2.29 bits per heavy atom. The highest BCUT2D eigenvalue weighted by Gasteiger charge is 2.28. The van der Waals surface area contributed by atoms with E-state index in [0.29, 0.717) is 5.39 Å². The van der Waals surface area contributed by atoms with Crippen molar-refractivity contribution in [3.05, 3.63) is 70.6 Å². The molecule has 1 atom stereocenters. The maximum Gasteiger partial charge on any atom is 0.261 e. The van der Waals surface area contributed by atoms with Crippen LogP contribution in [0.25, 0.3) is 21.9 Å². The van der Waals surface area contributed by atoms with Crippen molar-refractivity contribution >= 4 is 26.5 Å². The van der Waals surface area contributed by atoms with Gasteiger partial charge in [0.2, 0.25) is 0 Å². The topological polar surface area (TPSA) is 112 Å². The quantitative estimate of drug-likeness (QED) is 0.351. The number of aromatic nitrogens is 1. The van der Waals surface area contributed by atoms with Gasteiger partial charge in [0.25, 0.3) is 11.5 Å². The number of hydrogen-bond donors (Lipinski definition) is 2. The second-order valence-corrected chi connectivity index (χ2v) is 10.8. The molecule has 0 bridgehead atoms. The van der Waals surface area contributed by atoms with E-state index in [9.17, 15) is 18.0 Å². The van der Waals surface area contributed by atoms with Crippen molar-refractivity contribution in [3.63, 3.8) is 0 Å². The van der Waals surface area contributed by atoms with Gasteiger partial charge in [-0.05, 0) is 46.7 Å². The highest BCUT2D eigenvalue weighted by Crippen LogP contribution is 2.24. The molecule has 2 aromatic carbocycles. The molecule has 1 aromatic heterocycles. The van der Waals surface area contributed by atoms with Crippen LogP contribution in [0.5, 0.6) is 0 Å². The van der Waals surface area contributed by atoms with Crippen molar-refractivity contribution in [2.45, 2.75) is 24.8 Å². The zero-order chi connectivity index (χ0) is 25.0. The van der Waals surface area contributed by atoms with Crippen molar-refractivity contribution < 1.29 is 18.4 Å². The molecule has 182 valence electrons. The van der Waals surface area contributed by atoms with Gasteiger partial charge < -0.3 is 4.57 Å². The number of amides is 1. The van der Waals surface area contributed by atoms with Crippen molar-refractivity contribution in [3.8, 4) is 11.1 Å². The van der Waals surface area contributed by atoms with Crippen LogP contribution < -0.4 is 11.0 Å². The number of pyridine rings is 1. The highest BCUT2D eigenvalue weighted by molar-refractivity contribution is 7.92. The van der Waals surface area contributed by atoms with Crippen molar-refractivity contribution in [1.29, 1.82) is 0 Å². The maximum atomic E-state index is 12.9. The predicted octanol–water partition coefficient (Wildman–Crippen LogP) is 1.89. The van der Waals surface area contributed by atoms with Crippen LogP contribution in [0.1, 0.15) is 12.0 Å². The third-order valence-corrected chi connectivity index (χ3v) is 7.39. The zero-order valence-corrected chi connectivity index (χ0v) is 20.5. The Kier molecular flexibility index (Phi) is 7.88. The molecule has 3 rings (SSSR count). The summed E-state index contributed by atoms with van der Waals surface area (Å²) in [6.07, 6.45) is 2.37. The molecule has 0 aliphatic rings. The Balaban J connectivity index is 1.82. The Morgan fingerprint density at radius 2 is 1.71 bits per heavy atom. The molecule has 9 nitrogen and oxygen atoms in total. The summed E-state index contributed by atoms with van der Waals surface area (Å²) in [5.74, 6) is -1.01. The van der Waals surface area contributed by atoms with E-state index in [1.54, 1.807) is 18.3 Å². The molecule has 10 heteroatoms. The molecule has 0 aliphatic carbocycles. The van der Waals surface area contributed by atoms with Gasteiger partial charge in [-0.3, -0.25) is 14.8 Å². The molecule has 2 N–H and O–H groups in total. The minimum atomic E-state index is -3.74. The Morgan fingerprint density at radius 1 is 1.06 bits per heavy atom. The number of rotatable bonds is 9. The van der Waals surface area contributed by atoms with Gasteiger partial charge in [-0.1, -0.05) is 30.3 Å². The number of sulfone groups is 1. The molecular weight excluding hydrogens is 456 g/mol. The smallest absolute Gasteiger partial charge is 0.261 e. The van der Waals surface area contributed by atoms with E-state index in [4.69, 9.17) is 5.21 Å². The van der Waals surface area contributed by atoms with Gasteiger partial charge in [0.1, 0.15) is 5.25 Å². The summed E-state index contributed by atoms with van der Waals surface area (Å²) in [6.45, 7) is 0.815. The van der Waals surface area contributed by atoms with Crippen LogP contribution in [0, 0.1) is 0 Å². The van der Waals surface area contributed by atoms with Gasteiger partial charge in [-0.25, -0.2) is 23.9 Å². The second-order valence-electron chi connectivity index (χ2n) is 8.56. The lowest BCUT2D eigenvalue weighted by atomic mass is 10.0. The van der Waals surface area contributed by atoms with Crippen molar-refractivity contribution in [2.75, 3.05) is 27.4 Å². The number of aryl methyl sites for hydroxylation is 1. The SMILES string of the molecule is CN(C)N(C)Cc1ccc(-c2ccc3c(=O)n(CC[C@H](C(=O)NO)S(C)(=O)=O)ccc3c2)cc1. The number of benzene rings is 2. The summed E-state index contributed by atoms with van der Waals surface area (Å²) in [4.78, 5) is 24.7. The number of hydroxylamine groups is 1. The lowest BCUT2D eigenvalue weighted by molar-refractivity contribution is -0.128. The number of nitrogens with zero attached hydrogens (tertiary/aromatic N) is 3. The van der Waals surface area contributed by atoms with Crippen LogP contribution >= 0.6 is 0 Å². The third-order valence-electron chi connectivity index (χ3n) is 5.91. The van der Waals surface area contributed by atoms with E-state index in [-0.39, 0.29) is 18.5 Å². The number of carbonyl (C=O) groups is 1. The third kappa shape index (κ3) is 5.89. The summed E-state index contributed by atoms with van der Waals surface area (Å²) in [7, 11) is 2.26. The van der Waals surface area contributed by atoms with Gasteiger partial charge in [0.05, 0.1) is 0 Å². The fraction of sp³-hybridized carbons (Fsp3) is 0.333. The lowest BCUT2D eigenvalue weighted by Crippen LogP contribution is -2.39. The van der Waals surface area contributed by atoms with Crippen LogP contribution in [0.15, 0.2) is 59.5 Å². The number of fused-ring (bicyclic) bond motifs is 1. The van der Waals surface area contributed by atoms with E-state index >= 15 is 0 Å². The molecule has 0 saturated heterocycles. The van der Waals surface area contributed by atoms with Crippen LogP contribution in [-0.2, 0) is 27.7 Å². The largest absolute Gasteiger partial charge is 0.315 e. The predicted molar refractivity (Wildman–Crippen MR) is 132 cm³/mol. The monoisotopic (exact) mass is 486 g/mol. The fourth-order valence-electron chi connectivity index (χ4n) is 3.72. The van der Waals surface area contributed by atoms with E-state index in [1.165, 1.54) is 15.6 Å². The summed E-state index contributed by atoms with van der Waals surface area (Å²) in [5, 5.41) is 12.8. The maximum absolute atomic E-state index is 12.9. The normalized spacial score (nSPS) is 12.9. The van der Waals surface area contributed by atoms with Crippen molar-refractivity contribution in [2.24, 2.45) is 0 Å². The molecule has 1 heterocycles. The van der Waals surface area contributed by atoms with Gasteiger partial charge in [-0.15, -0.1) is 0 Å². The first-order chi connectivity index (χ1) is 16.0. The average molecular weight is 487 g/mol. The standard InChI is InChI=1S/C24H30N4O5S/c1-26(2)27(3)16-17-5-7-18(8-6-17)19-9-10-21-20(15-19)11-13-28(24(21)30)14-12-22(23(29)25-31)34(4,32)33/h5-11,13,15,22,31H,12,14,16H2,1-4H3,(H,25,29)/t22-/m1/s1. The summed E-state index contributed by atoms with van der Waals surface area (Å²) in [6, 6.07) is 15.6. The Hall–Kier alpha value is -3.05. The zero-order valence-electron chi connectivity index (χ0n) is 19.7. The highest BCUT2D eigenvalue weighted by atomic mass is 32.2. The van der Waals surface area contributed by atoms with Gasteiger partial charge in [0.15, 0.2) is 9.84 Å². The number of nitrogens with one attached hydrogen (secondary N) is 1. The number of hydrogen-bond acceptors (Lipinski definition) is 7. The average Bonchev–Trinajstić information content (AvgIpc) is 2.79. The second kappa shape index (κ2) is 10.5. The number of hydrazine groups is 1. The Labute approximate surface area is 199 Å². The van der Waals surface area contributed by atoms with Crippen LogP contribution in [0.4, 0.5) is 0 Å². The summed E-state index contributed by atoms with van der Waals surface area (Å²) < 4.78 is 25.1. The van der Waals surface area contributed by atoms with E-state index < -0.39 is 21.0 Å². The Bertz CT molecular complexity index is 1330. The molecule has 0 aliphatic heterocycles. The molecule has 0 radical (unpaired) electrons. The van der Waals surface area contributed by atoms with Crippen LogP contribution in [0.2, 0.25) is 0 Å². The van der Waals surface area contributed by atoms with Gasteiger partial charge in [-0.2, -0.15) is 0 Å². The molecule has 1 amide bonds. The molecular formula is C24H30N4O5S. The minimum Gasteiger partial charge on any atom is -0.315 e. The molecule has 0 fully saturated rings. The molecule has 3 aromatic rings. The van der Waals surface area contributed by atoms with Crippen LogP contribution in [-0.4, -0.2) is 66.8 Å². The van der Waals surface area contributed by atoms with E-state index in [1.807, 2.05) is 38.3 Å². The van der Waals surface area contributed by atoms with Crippen molar-refractivity contribution in [1.82, 2.24) is 20.1 Å². The molecule has 0 unspecified atom stereocenters. The first-order valence-corrected chi connectivity index (χ1v) is 12.7. The fourth-order valence-corrected chi connectivity index (χ4v) is 4.70.